The van der Waals surface area contributed by atoms with Crippen molar-refractivity contribution in [3.8, 4) is 0 Å². The zero-order chi connectivity index (χ0) is 15.6. The van der Waals surface area contributed by atoms with E-state index in [4.69, 9.17) is 11.6 Å². The zero-order valence-corrected chi connectivity index (χ0v) is 13.3. The van der Waals surface area contributed by atoms with E-state index < -0.39 is 12.1 Å². The first-order valence-corrected chi connectivity index (χ1v) is 7.98. The Hall–Kier alpha value is -0.700. The molecule has 118 valence electrons. The van der Waals surface area contributed by atoms with Crippen molar-refractivity contribution in [2.45, 2.75) is 57.5 Å². The molecule has 0 saturated heterocycles. The third-order valence-electron chi connectivity index (χ3n) is 4.75. The van der Waals surface area contributed by atoms with Gasteiger partial charge in [-0.15, -0.1) is 11.6 Å². The molecule has 1 aliphatic rings. The van der Waals surface area contributed by atoms with Crippen LogP contribution in [0.1, 0.15) is 42.4 Å². The monoisotopic (exact) mass is 318 g/mol. The lowest BCUT2D eigenvalue weighted by Crippen LogP contribution is -2.31. The molecule has 0 aromatic heterocycles. The number of benzene rings is 1. The van der Waals surface area contributed by atoms with Crippen LogP contribution in [-0.2, 0) is 6.42 Å². The largest absolute Gasteiger partial charge is 0.391 e. The molecule has 1 aromatic carbocycles. The topological polar surface area (TPSA) is 0 Å². The van der Waals surface area contributed by atoms with Crippen LogP contribution in [0.5, 0.6) is 0 Å². The highest BCUT2D eigenvalue weighted by molar-refractivity contribution is 6.20. The van der Waals surface area contributed by atoms with Gasteiger partial charge in [0.15, 0.2) is 0 Å². The van der Waals surface area contributed by atoms with Gasteiger partial charge in [-0.1, -0.05) is 18.2 Å². The number of halogens is 4. The Morgan fingerprint density at radius 1 is 1.10 bits per heavy atom. The predicted molar refractivity (Wildman–Crippen MR) is 80.8 cm³/mol. The van der Waals surface area contributed by atoms with Gasteiger partial charge in [0.25, 0.3) is 0 Å². The summed E-state index contributed by atoms with van der Waals surface area (Å²) in [6.07, 6.45) is -1.67. The van der Waals surface area contributed by atoms with Gasteiger partial charge in [0.05, 0.1) is 5.92 Å². The average molecular weight is 319 g/mol. The first kappa shape index (κ1) is 16.7. The Balaban J connectivity index is 1.90. The van der Waals surface area contributed by atoms with Crippen LogP contribution in [0, 0.1) is 25.7 Å². The number of hydrogen-bond donors (Lipinski definition) is 0. The van der Waals surface area contributed by atoms with Crippen LogP contribution in [0.4, 0.5) is 13.2 Å². The quantitative estimate of drug-likeness (QED) is 0.616. The minimum absolute atomic E-state index is 0.0683. The molecule has 0 aliphatic heterocycles. The van der Waals surface area contributed by atoms with E-state index >= 15 is 0 Å². The van der Waals surface area contributed by atoms with Gasteiger partial charge in [-0.2, -0.15) is 13.2 Å². The molecule has 0 N–H and O–H groups in total. The van der Waals surface area contributed by atoms with Crippen molar-refractivity contribution in [1.82, 2.24) is 0 Å². The maximum Gasteiger partial charge on any atom is 0.391 e. The Bertz CT molecular complexity index is 473. The van der Waals surface area contributed by atoms with Gasteiger partial charge in [0, 0.05) is 5.38 Å². The van der Waals surface area contributed by atoms with E-state index in [1.165, 1.54) is 16.7 Å². The fourth-order valence-electron chi connectivity index (χ4n) is 3.13. The molecule has 21 heavy (non-hydrogen) atoms. The second-order valence-electron chi connectivity index (χ2n) is 6.29. The van der Waals surface area contributed by atoms with Crippen LogP contribution in [0.2, 0.25) is 0 Å². The summed E-state index contributed by atoms with van der Waals surface area (Å²) in [5, 5.41) is -0.0683. The van der Waals surface area contributed by atoms with E-state index in [1.807, 2.05) is 0 Å². The number of hydrogen-bond acceptors (Lipinski definition) is 0. The molecule has 2 rings (SSSR count). The van der Waals surface area contributed by atoms with Gasteiger partial charge in [-0.3, -0.25) is 0 Å². The summed E-state index contributed by atoms with van der Waals surface area (Å²) in [5.41, 5.74) is 3.66. The minimum Gasteiger partial charge on any atom is -0.171 e. The Morgan fingerprint density at radius 2 is 1.71 bits per heavy atom. The van der Waals surface area contributed by atoms with E-state index in [1.54, 1.807) is 0 Å². The molecule has 4 heteroatoms. The summed E-state index contributed by atoms with van der Waals surface area (Å²) in [6.45, 7) is 4.13. The average Bonchev–Trinajstić information content (AvgIpc) is 2.42. The van der Waals surface area contributed by atoms with E-state index in [0.717, 1.165) is 6.42 Å². The van der Waals surface area contributed by atoms with Crippen molar-refractivity contribution in [2.24, 2.45) is 11.8 Å². The lowest BCUT2D eigenvalue weighted by molar-refractivity contribution is -0.183. The van der Waals surface area contributed by atoms with Crippen LogP contribution in [0.3, 0.4) is 0 Å². The van der Waals surface area contributed by atoms with Crippen molar-refractivity contribution in [3.05, 3.63) is 34.9 Å². The summed E-state index contributed by atoms with van der Waals surface area (Å²) < 4.78 is 38.0. The first-order valence-electron chi connectivity index (χ1n) is 7.54. The third kappa shape index (κ3) is 4.38. The van der Waals surface area contributed by atoms with E-state index in [9.17, 15) is 13.2 Å². The van der Waals surface area contributed by atoms with E-state index in [0.29, 0.717) is 12.8 Å². The fourth-order valence-corrected chi connectivity index (χ4v) is 3.56. The Kier molecular flexibility index (Phi) is 5.24. The fraction of sp³-hybridized carbons (Fsp3) is 0.647. The molecular weight excluding hydrogens is 297 g/mol. The summed E-state index contributed by atoms with van der Waals surface area (Å²) in [4.78, 5) is 0. The Morgan fingerprint density at radius 3 is 2.24 bits per heavy atom. The van der Waals surface area contributed by atoms with Gasteiger partial charge < -0.3 is 0 Å². The molecule has 0 bridgehead atoms. The van der Waals surface area contributed by atoms with Gasteiger partial charge in [-0.05, 0) is 68.6 Å². The van der Waals surface area contributed by atoms with E-state index in [2.05, 4.69) is 32.0 Å². The molecule has 0 amide bonds. The first-order chi connectivity index (χ1) is 9.77. The second-order valence-corrected chi connectivity index (χ2v) is 6.85. The molecule has 1 aliphatic carbocycles. The van der Waals surface area contributed by atoms with Crippen molar-refractivity contribution in [2.75, 3.05) is 0 Å². The van der Waals surface area contributed by atoms with Crippen molar-refractivity contribution < 1.29 is 13.2 Å². The summed E-state index contributed by atoms with van der Waals surface area (Å²) in [5.74, 6) is -0.925. The van der Waals surface area contributed by atoms with Crippen LogP contribution >= 0.6 is 11.6 Å². The van der Waals surface area contributed by atoms with Crippen LogP contribution in [0.15, 0.2) is 18.2 Å². The summed E-state index contributed by atoms with van der Waals surface area (Å²) in [6, 6.07) is 6.28. The van der Waals surface area contributed by atoms with Crippen molar-refractivity contribution in [3.63, 3.8) is 0 Å². The molecule has 1 saturated carbocycles. The van der Waals surface area contributed by atoms with E-state index in [-0.39, 0.29) is 24.1 Å². The normalized spacial score (nSPS) is 24.9. The lowest BCUT2D eigenvalue weighted by atomic mass is 9.79. The highest BCUT2D eigenvalue weighted by Crippen LogP contribution is 2.41. The number of aryl methyl sites for hydroxylation is 2. The SMILES string of the molecule is Cc1ccc(CC(Cl)C2CCC(C(F)(F)F)CC2)cc1C. The molecule has 0 heterocycles. The standard InChI is InChI=1S/C17H22ClF3/c1-11-3-4-13(9-12(11)2)10-16(18)14-5-7-15(8-6-14)17(19,20)21/h3-4,9,14-16H,5-8,10H2,1-2H3. The number of alkyl halides is 4. The smallest absolute Gasteiger partial charge is 0.171 e. The Labute approximate surface area is 129 Å². The third-order valence-corrected chi connectivity index (χ3v) is 5.26. The second kappa shape index (κ2) is 6.60. The van der Waals surface area contributed by atoms with Crippen molar-refractivity contribution in [1.29, 1.82) is 0 Å². The molecule has 0 spiro atoms. The van der Waals surface area contributed by atoms with Gasteiger partial charge in [0.2, 0.25) is 0 Å². The van der Waals surface area contributed by atoms with Crippen LogP contribution in [0.25, 0.3) is 0 Å². The van der Waals surface area contributed by atoms with Gasteiger partial charge in [-0.25, -0.2) is 0 Å². The maximum atomic E-state index is 12.7. The zero-order valence-electron chi connectivity index (χ0n) is 12.5. The highest BCUT2D eigenvalue weighted by atomic mass is 35.5. The number of rotatable bonds is 3. The molecule has 1 fully saturated rings. The minimum atomic E-state index is -4.04. The molecule has 1 aromatic rings. The molecule has 1 unspecified atom stereocenters. The molecule has 1 atom stereocenters. The van der Waals surface area contributed by atoms with Crippen LogP contribution < -0.4 is 0 Å². The molecule has 0 nitrogen and oxygen atoms in total. The highest BCUT2D eigenvalue weighted by Gasteiger charge is 2.42. The molecular formula is C17H22ClF3. The van der Waals surface area contributed by atoms with Gasteiger partial charge >= 0.3 is 6.18 Å². The van der Waals surface area contributed by atoms with Crippen molar-refractivity contribution >= 4 is 11.6 Å². The summed E-state index contributed by atoms with van der Waals surface area (Å²) >= 11 is 6.47. The predicted octanol–water partition coefficient (Wildman–Crippen LogP) is 5.82. The summed E-state index contributed by atoms with van der Waals surface area (Å²) in [7, 11) is 0. The maximum absolute atomic E-state index is 12.7. The van der Waals surface area contributed by atoms with Crippen LogP contribution in [-0.4, -0.2) is 11.6 Å². The van der Waals surface area contributed by atoms with Gasteiger partial charge in [0.1, 0.15) is 0 Å². The lowest BCUT2D eigenvalue weighted by Gasteiger charge is -2.32. The molecule has 0 radical (unpaired) electrons.